The van der Waals surface area contributed by atoms with Gasteiger partial charge in [-0.25, -0.2) is 4.79 Å². The second kappa shape index (κ2) is 10.9. The second-order valence-corrected chi connectivity index (χ2v) is 29.7. The van der Waals surface area contributed by atoms with Gasteiger partial charge in [-0.3, -0.25) is 4.57 Å². The maximum Gasteiger partial charge on any atom is 0.351 e. The standard InChI is InChI=1S/C27H55N3O5Si3/c1-25(2,3)36(10,11)32-18-19-21(34-37(12,13)26(4,5)6)22(35-38(14,15)27(7,8)9)23(33-19)30-17-16-20(28)29-24(30)31/h16-17,19,21-23H,18H2,1-15H3,(H2,28,29,31)/t19-,21+,22+,23-/m1/s1. The molecular weight excluding hydrogens is 531 g/mol. The van der Waals surface area contributed by atoms with Gasteiger partial charge >= 0.3 is 5.69 Å². The van der Waals surface area contributed by atoms with E-state index >= 15 is 0 Å². The Kier molecular flexibility index (Phi) is 9.54. The first-order chi connectivity index (χ1) is 16.8. The van der Waals surface area contributed by atoms with Crippen molar-refractivity contribution in [3.05, 3.63) is 22.7 Å². The van der Waals surface area contributed by atoms with Crippen molar-refractivity contribution in [2.45, 2.75) is 141 Å². The highest BCUT2D eigenvalue weighted by Gasteiger charge is 2.55. The summed E-state index contributed by atoms with van der Waals surface area (Å²) in [4.78, 5) is 17.0. The van der Waals surface area contributed by atoms with Gasteiger partial charge in [0, 0.05) is 6.20 Å². The highest BCUT2D eigenvalue weighted by Crippen LogP contribution is 2.46. The molecule has 1 aliphatic rings. The van der Waals surface area contributed by atoms with Gasteiger partial charge in [-0.1, -0.05) is 62.3 Å². The average Bonchev–Trinajstić information content (AvgIpc) is 3.00. The minimum Gasteiger partial charge on any atom is -0.414 e. The van der Waals surface area contributed by atoms with Crippen molar-refractivity contribution in [3.8, 4) is 0 Å². The lowest BCUT2D eigenvalue weighted by Gasteiger charge is -2.44. The van der Waals surface area contributed by atoms with Crippen LogP contribution in [-0.2, 0) is 18.0 Å². The van der Waals surface area contributed by atoms with Crippen LogP contribution in [0.15, 0.2) is 17.1 Å². The number of nitrogens with zero attached hydrogens (tertiary/aromatic N) is 2. The molecule has 0 spiro atoms. The molecule has 220 valence electrons. The molecule has 11 heteroatoms. The highest BCUT2D eigenvalue weighted by atomic mass is 28.4. The number of nitrogens with two attached hydrogens (primary N) is 1. The molecule has 1 saturated heterocycles. The maximum absolute atomic E-state index is 13.0. The first-order valence-electron chi connectivity index (χ1n) is 13.8. The van der Waals surface area contributed by atoms with E-state index in [1.807, 2.05) is 0 Å². The quantitative estimate of drug-likeness (QED) is 0.347. The molecule has 2 heterocycles. The Bertz CT molecular complexity index is 1020. The van der Waals surface area contributed by atoms with Gasteiger partial charge in [-0.15, -0.1) is 0 Å². The molecule has 0 bridgehead atoms. The molecule has 1 fully saturated rings. The third-order valence-electron chi connectivity index (χ3n) is 9.30. The van der Waals surface area contributed by atoms with E-state index in [0.717, 1.165) is 0 Å². The Morgan fingerprint density at radius 1 is 0.842 bits per heavy atom. The molecule has 1 aromatic heterocycles. The first kappa shape index (κ1) is 33.4. The Balaban J connectivity index is 2.64. The van der Waals surface area contributed by atoms with Crippen LogP contribution in [0.5, 0.6) is 0 Å². The van der Waals surface area contributed by atoms with E-state index in [4.69, 9.17) is 23.7 Å². The van der Waals surface area contributed by atoms with Crippen molar-refractivity contribution in [2.24, 2.45) is 0 Å². The number of nitrogen functional groups attached to an aromatic ring is 1. The van der Waals surface area contributed by atoms with Crippen LogP contribution in [0.1, 0.15) is 68.5 Å². The van der Waals surface area contributed by atoms with Crippen molar-refractivity contribution >= 4 is 30.8 Å². The molecule has 0 amide bonds. The van der Waals surface area contributed by atoms with Gasteiger partial charge in [0.25, 0.3) is 0 Å². The molecule has 0 aliphatic carbocycles. The van der Waals surface area contributed by atoms with Crippen LogP contribution in [0.3, 0.4) is 0 Å². The van der Waals surface area contributed by atoms with E-state index in [1.54, 1.807) is 12.3 Å². The van der Waals surface area contributed by atoms with Crippen molar-refractivity contribution < 1.29 is 18.0 Å². The van der Waals surface area contributed by atoms with Crippen LogP contribution < -0.4 is 11.4 Å². The van der Waals surface area contributed by atoms with Gasteiger partial charge in [-0.2, -0.15) is 4.98 Å². The maximum atomic E-state index is 13.0. The van der Waals surface area contributed by atoms with Gasteiger partial charge in [0.15, 0.2) is 31.2 Å². The minimum absolute atomic E-state index is 0.0168. The second-order valence-electron chi connectivity index (χ2n) is 15.4. The molecule has 38 heavy (non-hydrogen) atoms. The van der Waals surface area contributed by atoms with E-state index in [9.17, 15) is 4.79 Å². The summed E-state index contributed by atoms with van der Waals surface area (Å²) < 4.78 is 29.0. The molecule has 8 nitrogen and oxygen atoms in total. The zero-order valence-electron chi connectivity index (χ0n) is 26.7. The molecule has 1 aromatic rings. The molecule has 1 aliphatic heterocycles. The Labute approximate surface area is 234 Å². The van der Waals surface area contributed by atoms with Gasteiger partial charge < -0.3 is 23.7 Å². The molecule has 0 saturated carbocycles. The number of ether oxygens (including phenoxy) is 1. The SMILES string of the molecule is CC(C)(C)[Si](C)(C)OC[C@H]1O[C@@H](n2ccc(N)nc2=O)[C@@H](O[Si](C)(C)C(C)(C)C)[C@H]1O[Si](C)(C)C(C)(C)C. The molecule has 2 N–H and O–H groups in total. The van der Waals surface area contributed by atoms with E-state index in [-0.39, 0.29) is 20.9 Å². The van der Waals surface area contributed by atoms with Crippen LogP contribution in [0.4, 0.5) is 5.82 Å². The monoisotopic (exact) mass is 585 g/mol. The van der Waals surface area contributed by atoms with E-state index < -0.39 is 55.2 Å². The van der Waals surface area contributed by atoms with Gasteiger partial charge in [0.05, 0.1) is 6.61 Å². The number of anilines is 1. The molecule has 2 rings (SSSR count). The summed E-state index contributed by atoms with van der Waals surface area (Å²) in [6.07, 6.45) is -0.349. The molecule has 0 radical (unpaired) electrons. The van der Waals surface area contributed by atoms with Crippen molar-refractivity contribution in [2.75, 3.05) is 12.3 Å². The third kappa shape index (κ3) is 7.27. The molecule has 4 atom stereocenters. The topological polar surface area (TPSA) is 97.8 Å². The highest BCUT2D eigenvalue weighted by molar-refractivity contribution is 6.75. The average molecular weight is 586 g/mol. The summed E-state index contributed by atoms with van der Waals surface area (Å²) in [6, 6.07) is 1.62. The van der Waals surface area contributed by atoms with Crippen molar-refractivity contribution in [1.29, 1.82) is 0 Å². The van der Waals surface area contributed by atoms with Gasteiger partial charge in [0.1, 0.15) is 24.1 Å². The van der Waals surface area contributed by atoms with Crippen LogP contribution >= 0.6 is 0 Å². The lowest BCUT2D eigenvalue weighted by molar-refractivity contribution is -0.0509. The van der Waals surface area contributed by atoms with Crippen LogP contribution in [0, 0.1) is 0 Å². The first-order valence-corrected chi connectivity index (χ1v) is 22.5. The fourth-order valence-electron chi connectivity index (χ4n) is 3.49. The van der Waals surface area contributed by atoms with E-state index in [2.05, 4.69) is 107 Å². The zero-order chi connectivity index (χ0) is 29.7. The fraction of sp³-hybridized carbons (Fsp3) is 0.852. The number of hydrogen-bond acceptors (Lipinski definition) is 7. The van der Waals surface area contributed by atoms with E-state index in [1.165, 1.54) is 4.57 Å². The minimum atomic E-state index is -2.29. The zero-order valence-corrected chi connectivity index (χ0v) is 29.7. The third-order valence-corrected chi connectivity index (χ3v) is 22.7. The summed E-state index contributed by atoms with van der Waals surface area (Å²) in [5, 5.41) is -0.00812. The summed E-state index contributed by atoms with van der Waals surface area (Å²) >= 11 is 0. The Morgan fingerprint density at radius 2 is 1.29 bits per heavy atom. The number of aromatic nitrogens is 2. The van der Waals surface area contributed by atoms with Crippen LogP contribution in [0.25, 0.3) is 0 Å². The van der Waals surface area contributed by atoms with Crippen LogP contribution in [0.2, 0.25) is 54.4 Å². The number of hydrogen-bond donors (Lipinski definition) is 1. The summed E-state index contributed by atoms with van der Waals surface area (Å²) in [5.41, 5.74) is 5.36. The van der Waals surface area contributed by atoms with Crippen molar-refractivity contribution in [1.82, 2.24) is 9.55 Å². The number of rotatable bonds is 8. The predicted octanol–water partition coefficient (Wildman–Crippen LogP) is 6.53. The van der Waals surface area contributed by atoms with Crippen molar-refractivity contribution in [3.63, 3.8) is 0 Å². The lowest BCUT2D eigenvalue weighted by atomic mass is 10.1. The normalized spacial score (nSPS) is 24.2. The Morgan fingerprint density at radius 3 is 1.71 bits per heavy atom. The van der Waals surface area contributed by atoms with Gasteiger partial charge in [0.2, 0.25) is 0 Å². The van der Waals surface area contributed by atoms with Crippen LogP contribution in [-0.4, -0.2) is 59.4 Å². The summed E-state index contributed by atoms with van der Waals surface area (Å²) in [7, 11) is -6.61. The largest absolute Gasteiger partial charge is 0.414 e. The summed E-state index contributed by atoms with van der Waals surface area (Å²) in [6.45, 7) is 33.8. The molecule has 0 aromatic carbocycles. The summed E-state index contributed by atoms with van der Waals surface area (Å²) in [5.74, 6) is 0.179. The fourth-order valence-corrected chi connectivity index (χ4v) is 7.11. The Hall–Kier alpha value is -0.829. The predicted molar refractivity (Wildman–Crippen MR) is 164 cm³/mol. The lowest BCUT2D eigenvalue weighted by Crippen LogP contribution is -2.54. The molecular formula is C27H55N3O5Si3. The molecule has 0 unspecified atom stereocenters. The van der Waals surface area contributed by atoms with Gasteiger partial charge in [-0.05, 0) is 60.5 Å². The van der Waals surface area contributed by atoms with E-state index in [0.29, 0.717) is 6.61 Å². The smallest absolute Gasteiger partial charge is 0.351 e.